The van der Waals surface area contributed by atoms with Crippen LogP contribution in [0.4, 0.5) is 5.95 Å². The number of hydrogen-bond acceptors (Lipinski definition) is 6. The minimum absolute atomic E-state index is 0.0123. The number of rotatable bonds is 10. The lowest BCUT2D eigenvalue weighted by atomic mass is 10.0. The summed E-state index contributed by atoms with van der Waals surface area (Å²) in [4.78, 5) is 8.56. The smallest absolute Gasteiger partial charge is 0.263 e. The molecule has 32 heavy (non-hydrogen) atoms. The van der Waals surface area contributed by atoms with E-state index < -0.39 is 16.1 Å². The number of methoxy groups -OCH3 is 2. The van der Waals surface area contributed by atoms with Crippen LogP contribution in [0.1, 0.15) is 46.2 Å². The number of nitrogens with one attached hydrogen (secondary N) is 1. The van der Waals surface area contributed by atoms with Gasteiger partial charge in [0.25, 0.3) is 10.0 Å². The summed E-state index contributed by atoms with van der Waals surface area (Å²) < 4.78 is 39.4. The molecular formula is C24H33N3O4S. The van der Waals surface area contributed by atoms with E-state index in [0.29, 0.717) is 23.8 Å². The molecule has 174 valence electrons. The van der Waals surface area contributed by atoms with E-state index in [1.54, 1.807) is 19.1 Å². The average molecular weight is 460 g/mol. The fraction of sp³-hybridized carbons (Fsp3) is 0.417. The molecule has 1 aromatic heterocycles. The summed E-state index contributed by atoms with van der Waals surface area (Å²) in [5, 5.41) is 0. The van der Waals surface area contributed by atoms with Gasteiger partial charge >= 0.3 is 0 Å². The monoisotopic (exact) mass is 459 g/mol. The summed E-state index contributed by atoms with van der Waals surface area (Å²) in [6, 6.07) is 1.75. The van der Waals surface area contributed by atoms with Gasteiger partial charge in [0.05, 0.1) is 23.8 Å². The van der Waals surface area contributed by atoms with Crippen molar-refractivity contribution in [2.45, 2.75) is 46.6 Å². The first kappa shape index (κ1) is 25.5. The Kier molecular flexibility index (Phi) is 9.41. The molecule has 0 amide bonds. The largest absolute Gasteiger partial charge is 0.497 e. The Morgan fingerprint density at radius 3 is 2.62 bits per heavy atom. The Morgan fingerprint density at radius 2 is 2.00 bits per heavy atom. The van der Waals surface area contributed by atoms with Gasteiger partial charge in [-0.2, -0.15) is 0 Å². The van der Waals surface area contributed by atoms with Crippen molar-refractivity contribution in [3.05, 3.63) is 70.7 Å². The molecule has 0 fully saturated rings. The van der Waals surface area contributed by atoms with Crippen LogP contribution < -0.4 is 4.72 Å². The van der Waals surface area contributed by atoms with Gasteiger partial charge in [-0.15, -0.1) is 0 Å². The van der Waals surface area contributed by atoms with E-state index in [1.807, 2.05) is 19.1 Å². The van der Waals surface area contributed by atoms with Crippen molar-refractivity contribution in [3.8, 4) is 0 Å². The molecule has 0 radical (unpaired) electrons. The molecule has 2 rings (SSSR count). The molecule has 0 saturated heterocycles. The second kappa shape index (κ2) is 11.8. The van der Waals surface area contributed by atoms with Gasteiger partial charge in [0, 0.05) is 13.3 Å². The van der Waals surface area contributed by atoms with Gasteiger partial charge < -0.3 is 9.47 Å². The van der Waals surface area contributed by atoms with Gasteiger partial charge in [0.2, 0.25) is 5.95 Å². The lowest BCUT2D eigenvalue weighted by molar-refractivity contribution is 0.152. The second-order valence-corrected chi connectivity index (χ2v) is 9.32. The number of ether oxygens (including phenoxy) is 2. The molecule has 0 aliphatic heterocycles. The molecule has 0 aromatic carbocycles. The average Bonchev–Trinajstić information content (AvgIpc) is 3.02. The number of sulfonamides is 1. The SMILES string of the molecule is CC/C=C(\C=C(/C(C)OC)S(=O)(=O)Nc1nccc(C2=CC=C(C(C)C)CC=C2)n1)OC. The van der Waals surface area contributed by atoms with Crippen molar-refractivity contribution in [1.82, 2.24) is 9.97 Å². The highest BCUT2D eigenvalue weighted by atomic mass is 32.2. The van der Waals surface area contributed by atoms with Gasteiger partial charge in [0.15, 0.2) is 0 Å². The van der Waals surface area contributed by atoms with Crippen LogP contribution in [-0.4, -0.2) is 38.7 Å². The maximum atomic E-state index is 13.2. The minimum atomic E-state index is -3.99. The predicted molar refractivity (Wildman–Crippen MR) is 129 cm³/mol. The molecule has 1 heterocycles. The van der Waals surface area contributed by atoms with Gasteiger partial charge in [-0.05, 0) is 49.5 Å². The Bertz CT molecular complexity index is 1050. The molecule has 0 spiro atoms. The van der Waals surface area contributed by atoms with Crippen molar-refractivity contribution in [3.63, 3.8) is 0 Å². The normalized spacial score (nSPS) is 16.3. The van der Waals surface area contributed by atoms with Gasteiger partial charge in [0.1, 0.15) is 5.76 Å². The maximum absolute atomic E-state index is 13.2. The minimum Gasteiger partial charge on any atom is -0.497 e. The molecule has 1 aliphatic rings. The van der Waals surface area contributed by atoms with Crippen LogP contribution >= 0.6 is 0 Å². The summed E-state index contributed by atoms with van der Waals surface area (Å²) >= 11 is 0. The second-order valence-electron chi connectivity index (χ2n) is 7.64. The van der Waals surface area contributed by atoms with E-state index in [1.165, 1.54) is 32.1 Å². The van der Waals surface area contributed by atoms with Crippen LogP contribution in [0.3, 0.4) is 0 Å². The zero-order valence-electron chi connectivity index (χ0n) is 19.6. The van der Waals surface area contributed by atoms with Gasteiger partial charge in [-0.1, -0.05) is 50.6 Å². The van der Waals surface area contributed by atoms with Crippen LogP contribution in [0.15, 0.2) is 65.0 Å². The third-order valence-electron chi connectivity index (χ3n) is 5.04. The highest BCUT2D eigenvalue weighted by Gasteiger charge is 2.25. The number of hydrogen-bond donors (Lipinski definition) is 1. The van der Waals surface area contributed by atoms with Crippen LogP contribution in [-0.2, 0) is 19.5 Å². The Balaban J connectivity index is 2.39. The molecule has 1 aliphatic carbocycles. The summed E-state index contributed by atoms with van der Waals surface area (Å²) in [5.41, 5.74) is 2.84. The standard InChI is InChI=1S/C24H33N3O4S/c1-7-9-21(31-6)16-23(18(4)30-5)32(28,29)27-24-25-15-14-22(26-24)20-11-8-10-19(12-13-20)17(2)3/h8-9,11-18H,7,10H2,1-6H3,(H,25,26,27)/b21-9+,23-16+. The Labute approximate surface area is 191 Å². The van der Waals surface area contributed by atoms with Crippen molar-refractivity contribution in [2.75, 3.05) is 18.9 Å². The van der Waals surface area contributed by atoms with E-state index in [-0.39, 0.29) is 10.9 Å². The van der Waals surface area contributed by atoms with Crippen molar-refractivity contribution in [2.24, 2.45) is 5.92 Å². The predicted octanol–water partition coefficient (Wildman–Crippen LogP) is 5.00. The molecule has 1 aromatic rings. The molecule has 1 N–H and O–H groups in total. The number of aromatic nitrogens is 2. The van der Waals surface area contributed by atoms with E-state index >= 15 is 0 Å². The maximum Gasteiger partial charge on any atom is 0.263 e. The van der Waals surface area contributed by atoms with Crippen molar-refractivity contribution < 1.29 is 17.9 Å². The molecule has 0 bridgehead atoms. The lowest BCUT2D eigenvalue weighted by Crippen LogP contribution is -2.25. The highest BCUT2D eigenvalue weighted by molar-refractivity contribution is 7.96. The molecule has 0 saturated carbocycles. The fourth-order valence-corrected chi connectivity index (χ4v) is 4.32. The van der Waals surface area contributed by atoms with E-state index in [4.69, 9.17) is 9.47 Å². The number of nitrogens with zero attached hydrogens (tertiary/aromatic N) is 2. The number of allylic oxidation sites excluding steroid dienone is 8. The molecular weight excluding hydrogens is 426 g/mol. The topological polar surface area (TPSA) is 90.4 Å². The summed E-state index contributed by atoms with van der Waals surface area (Å²) in [6.07, 6.45) is 13.8. The fourth-order valence-electron chi connectivity index (χ4n) is 3.06. The summed E-state index contributed by atoms with van der Waals surface area (Å²) in [6.45, 7) is 7.91. The van der Waals surface area contributed by atoms with Crippen LogP contribution in [0.2, 0.25) is 0 Å². The summed E-state index contributed by atoms with van der Waals surface area (Å²) in [7, 11) is -1.05. The van der Waals surface area contributed by atoms with E-state index in [2.05, 4.69) is 40.7 Å². The van der Waals surface area contributed by atoms with Crippen molar-refractivity contribution >= 4 is 21.5 Å². The van der Waals surface area contributed by atoms with E-state index in [0.717, 1.165) is 12.0 Å². The van der Waals surface area contributed by atoms with Crippen LogP contribution in [0.25, 0.3) is 5.57 Å². The first-order chi connectivity index (χ1) is 15.2. The highest BCUT2D eigenvalue weighted by Crippen LogP contribution is 2.24. The molecule has 1 atom stereocenters. The Hall–Kier alpha value is -2.71. The van der Waals surface area contributed by atoms with Gasteiger partial charge in [-0.3, -0.25) is 0 Å². The zero-order valence-corrected chi connectivity index (χ0v) is 20.4. The first-order valence-electron chi connectivity index (χ1n) is 10.6. The van der Waals surface area contributed by atoms with E-state index in [9.17, 15) is 8.42 Å². The first-order valence-corrected chi connectivity index (χ1v) is 12.1. The summed E-state index contributed by atoms with van der Waals surface area (Å²) in [5.74, 6) is 0.879. The van der Waals surface area contributed by atoms with Crippen LogP contribution in [0, 0.1) is 5.92 Å². The quantitative estimate of drug-likeness (QED) is 0.391. The molecule has 1 unspecified atom stereocenters. The molecule has 8 heteroatoms. The Morgan fingerprint density at radius 1 is 1.25 bits per heavy atom. The lowest BCUT2D eigenvalue weighted by Gasteiger charge is -2.16. The third kappa shape index (κ3) is 6.90. The van der Waals surface area contributed by atoms with Gasteiger partial charge in [-0.25, -0.2) is 23.1 Å². The van der Waals surface area contributed by atoms with Crippen LogP contribution in [0.5, 0.6) is 0 Å². The third-order valence-corrected chi connectivity index (χ3v) is 6.56. The molecule has 7 nitrogen and oxygen atoms in total. The van der Waals surface area contributed by atoms with Crippen molar-refractivity contribution in [1.29, 1.82) is 0 Å². The zero-order chi connectivity index (χ0) is 23.7. The number of anilines is 1.